The van der Waals surface area contributed by atoms with Crippen LogP contribution in [-0.4, -0.2) is 18.6 Å². The van der Waals surface area contributed by atoms with E-state index in [1.165, 1.54) is 11.1 Å². The van der Waals surface area contributed by atoms with E-state index < -0.39 is 0 Å². The zero-order valence-electron chi connectivity index (χ0n) is 11.3. The van der Waals surface area contributed by atoms with E-state index in [0.29, 0.717) is 12.0 Å². The fraction of sp³-hybridized carbons (Fsp3) is 0.250. The van der Waals surface area contributed by atoms with Gasteiger partial charge in [-0.1, -0.05) is 24.3 Å². The zero-order valence-corrected chi connectivity index (χ0v) is 12.0. The molecule has 0 saturated carbocycles. The van der Waals surface area contributed by atoms with Crippen LogP contribution in [0.1, 0.15) is 11.1 Å². The molecular formula is C16H19ClN2O. The van der Waals surface area contributed by atoms with Crippen LogP contribution in [0.15, 0.2) is 48.5 Å². The molecule has 3 rings (SSSR count). The summed E-state index contributed by atoms with van der Waals surface area (Å²) in [7, 11) is 0. The molecule has 1 fully saturated rings. The molecule has 0 radical (unpaired) electrons. The fourth-order valence-electron chi connectivity index (χ4n) is 1.66. The number of epoxide rings is 1. The number of hydrogen-bond donors (Lipinski definition) is 2. The van der Waals surface area contributed by atoms with E-state index in [1.54, 1.807) is 0 Å². The summed E-state index contributed by atoms with van der Waals surface area (Å²) in [4.78, 5) is 0. The highest BCUT2D eigenvalue weighted by atomic mass is 35.5. The lowest BCUT2D eigenvalue weighted by molar-refractivity contribution is 0.425. The number of alkyl halides is 1. The molecule has 1 saturated heterocycles. The van der Waals surface area contributed by atoms with Gasteiger partial charge in [-0.3, -0.25) is 0 Å². The lowest BCUT2D eigenvalue weighted by atomic mass is 10.0. The number of benzene rings is 2. The van der Waals surface area contributed by atoms with Crippen LogP contribution >= 0.6 is 11.6 Å². The quantitative estimate of drug-likeness (QED) is 0.519. The highest BCUT2D eigenvalue weighted by Gasteiger charge is 2.19. The minimum Gasteiger partial charge on any atom is -0.399 e. The number of ether oxygens (including phenoxy) is 1. The maximum absolute atomic E-state index is 5.62. The van der Waals surface area contributed by atoms with Gasteiger partial charge in [0.25, 0.3) is 0 Å². The second-order valence-corrected chi connectivity index (χ2v) is 5.08. The van der Waals surface area contributed by atoms with Crippen LogP contribution in [0.25, 0.3) is 0 Å². The Bertz CT molecular complexity index is 478. The average molecular weight is 291 g/mol. The number of anilines is 2. The van der Waals surface area contributed by atoms with E-state index in [-0.39, 0.29) is 0 Å². The molecule has 20 heavy (non-hydrogen) atoms. The Labute approximate surface area is 124 Å². The first-order valence-electron chi connectivity index (χ1n) is 6.54. The highest BCUT2D eigenvalue weighted by Crippen LogP contribution is 2.13. The minimum atomic E-state index is 0.400. The van der Waals surface area contributed by atoms with Gasteiger partial charge in [-0.2, -0.15) is 0 Å². The highest BCUT2D eigenvalue weighted by molar-refractivity contribution is 6.18. The number of hydrogen-bond acceptors (Lipinski definition) is 3. The maximum Gasteiger partial charge on any atom is 0.0944 e. The molecule has 0 spiro atoms. The third-order valence-corrected chi connectivity index (χ3v) is 3.29. The van der Waals surface area contributed by atoms with Crippen LogP contribution < -0.4 is 11.5 Å². The molecule has 0 aromatic heterocycles. The lowest BCUT2D eigenvalue weighted by Crippen LogP contribution is -1.90. The Balaban J connectivity index is 0.000000247. The second-order valence-electron chi connectivity index (χ2n) is 4.77. The van der Waals surface area contributed by atoms with Crippen molar-refractivity contribution in [2.75, 3.05) is 24.0 Å². The van der Waals surface area contributed by atoms with Crippen LogP contribution in [0.4, 0.5) is 11.4 Å². The van der Waals surface area contributed by atoms with Gasteiger partial charge in [0, 0.05) is 11.4 Å². The van der Waals surface area contributed by atoms with Crippen molar-refractivity contribution < 1.29 is 4.74 Å². The Kier molecular flexibility index (Phi) is 5.27. The van der Waals surface area contributed by atoms with E-state index in [2.05, 4.69) is 0 Å². The van der Waals surface area contributed by atoms with Crippen LogP contribution in [0.3, 0.4) is 0 Å². The summed E-state index contributed by atoms with van der Waals surface area (Å²) < 4.78 is 4.73. The Morgan fingerprint density at radius 1 is 0.900 bits per heavy atom. The summed E-state index contributed by atoms with van der Waals surface area (Å²) >= 11 is 5.27. The van der Waals surface area contributed by atoms with E-state index in [0.717, 1.165) is 24.4 Å². The lowest BCUT2D eigenvalue weighted by Gasteiger charge is -2.02. The van der Waals surface area contributed by atoms with Gasteiger partial charge in [0.2, 0.25) is 0 Å². The number of nitrogen functional groups attached to an aromatic ring is 2. The second kappa shape index (κ2) is 7.17. The summed E-state index contributed by atoms with van der Waals surface area (Å²) in [5.41, 5.74) is 15.4. The Morgan fingerprint density at radius 2 is 1.30 bits per heavy atom. The molecule has 4 N–H and O–H groups in total. The van der Waals surface area contributed by atoms with Gasteiger partial charge < -0.3 is 16.2 Å². The molecule has 1 heterocycles. The van der Waals surface area contributed by atoms with Crippen molar-refractivity contribution in [3.05, 3.63) is 59.7 Å². The van der Waals surface area contributed by atoms with Crippen molar-refractivity contribution in [1.82, 2.24) is 0 Å². The summed E-state index contributed by atoms with van der Waals surface area (Å²) in [5.74, 6) is 0.667. The molecule has 2 aromatic carbocycles. The van der Waals surface area contributed by atoms with Gasteiger partial charge in [0.05, 0.1) is 18.6 Å². The van der Waals surface area contributed by atoms with Gasteiger partial charge in [0.15, 0.2) is 0 Å². The minimum absolute atomic E-state index is 0.400. The summed E-state index contributed by atoms with van der Waals surface area (Å²) in [6.07, 6.45) is 1.32. The molecule has 3 nitrogen and oxygen atoms in total. The third kappa shape index (κ3) is 5.11. The van der Waals surface area contributed by atoms with E-state index >= 15 is 0 Å². The van der Waals surface area contributed by atoms with E-state index in [4.69, 9.17) is 27.8 Å². The molecule has 2 aromatic rings. The largest absolute Gasteiger partial charge is 0.399 e. The molecule has 1 unspecified atom stereocenters. The maximum atomic E-state index is 5.62. The topological polar surface area (TPSA) is 64.6 Å². The Hall–Kier alpha value is -1.71. The predicted molar refractivity (Wildman–Crippen MR) is 85.0 cm³/mol. The first kappa shape index (κ1) is 14.7. The third-order valence-electron chi connectivity index (χ3n) is 2.94. The number of rotatable bonds is 3. The van der Waals surface area contributed by atoms with Crippen molar-refractivity contribution in [1.29, 1.82) is 0 Å². The van der Waals surface area contributed by atoms with Crippen LogP contribution in [0.5, 0.6) is 0 Å². The fourth-order valence-corrected chi connectivity index (χ4v) is 1.84. The summed E-state index contributed by atoms with van der Waals surface area (Å²) in [5, 5.41) is 0. The van der Waals surface area contributed by atoms with Gasteiger partial charge in [0.1, 0.15) is 0 Å². The zero-order chi connectivity index (χ0) is 14.4. The molecular weight excluding hydrogens is 272 g/mol. The average Bonchev–Trinajstić information content (AvgIpc) is 3.29. The first-order chi connectivity index (χ1) is 9.67. The smallest absolute Gasteiger partial charge is 0.0944 e. The standard InChI is InChI=1S/C13H14N2.C3H5ClO/c14-12-5-1-10(2-6-12)9-11-3-7-13(15)8-4-11;4-1-3-2-5-3/h1-8H,9,14-15H2;3H,1-2H2. The van der Waals surface area contributed by atoms with E-state index in [9.17, 15) is 0 Å². The van der Waals surface area contributed by atoms with Gasteiger partial charge in [-0.25, -0.2) is 0 Å². The van der Waals surface area contributed by atoms with Gasteiger partial charge in [-0.05, 0) is 41.8 Å². The van der Waals surface area contributed by atoms with Gasteiger partial charge >= 0.3 is 0 Å². The summed E-state index contributed by atoms with van der Waals surface area (Å²) in [6, 6.07) is 15.9. The van der Waals surface area contributed by atoms with Crippen molar-refractivity contribution in [3.63, 3.8) is 0 Å². The normalized spacial score (nSPS) is 16.1. The molecule has 1 aliphatic rings. The number of nitrogens with two attached hydrogens (primary N) is 2. The van der Waals surface area contributed by atoms with Crippen molar-refractivity contribution in [3.8, 4) is 0 Å². The molecule has 1 atom stereocenters. The number of halogens is 1. The molecule has 0 amide bonds. The first-order valence-corrected chi connectivity index (χ1v) is 7.07. The molecule has 1 aliphatic heterocycles. The van der Waals surface area contributed by atoms with Crippen LogP contribution in [0.2, 0.25) is 0 Å². The summed E-state index contributed by atoms with van der Waals surface area (Å²) in [6.45, 7) is 0.878. The SMILES string of the molecule is ClCC1CO1.Nc1ccc(Cc2ccc(N)cc2)cc1. The molecule has 4 heteroatoms. The van der Waals surface area contributed by atoms with Gasteiger partial charge in [-0.15, -0.1) is 11.6 Å². The predicted octanol–water partition coefficient (Wildman–Crippen LogP) is 3.07. The van der Waals surface area contributed by atoms with E-state index in [1.807, 2.05) is 48.5 Å². The van der Waals surface area contributed by atoms with Crippen molar-refractivity contribution in [2.24, 2.45) is 0 Å². The molecule has 0 bridgehead atoms. The van der Waals surface area contributed by atoms with Crippen molar-refractivity contribution in [2.45, 2.75) is 12.5 Å². The Morgan fingerprint density at radius 3 is 1.55 bits per heavy atom. The van der Waals surface area contributed by atoms with Crippen LogP contribution in [0, 0.1) is 0 Å². The molecule has 106 valence electrons. The molecule has 0 aliphatic carbocycles. The van der Waals surface area contributed by atoms with Crippen molar-refractivity contribution >= 4 is 23.0 Å². The van der Waals surface area contributed by atoms with Crippen LogP contribution in [-0.2, 0) is 11.2 Å². The monoisotopic (exact) mass is 290 g/mol.